The molecule has 0 aliphatic rings. The Morgan fingerprint density at radius 2 is 0.593 bits per heavy atom. The smallest absolute Gasteiger partial charge is 0.349 e. The molecule has 0 fully saturated rings. The lowest BCUT2D eigenvalue weighted by atomic mass is 9.90. The highest BCUT2D eigenvalue weighted by atomic mass is 19.4. The lowest BCUT2D eigenvalue weighted by Gasteiger charge is -2.19. The van der Waals surface area contributed by atoms with E-state index in [1.54, 1.807) is 39.8 Å². The maximum Gasteiger partial charge on any atom is 0.389 e. The number of amides is 1. The molecule has 0 atom stereocenters. The Kier molecular flexibility index (Phi) is 40.6. The second kappa shape index (κ2) is 32.2. The molecule has 54 heavy (non-hydrogen) atoms. The van der Waals surface area contributed by atoms with Gasteiger partial charge in [0.1, 0.15) is 0 Å². The van der Waals surface area contributed by atoms with Gasteiger partial charge in [-0.1, -0.05) is 212 Å². The average molecular weight is 784 g/mol. The molecule has 0 bridgehead atoms. The number of hydrogen-bond acceptors (Lipinski definition) is 1. The van der Waals surface area contributed by atoms with Crippen molar-refractivity contribution < 1.29 is 18.0 Å². The molecule has 0 heterocycles. The minimum atomic E-state index is -4.02. The molecule has 0 saturated carbocycles. The third-order valence-electron chi connectivity index (χ3n) is 7.38. The summed E-state index contributed by atoms with van der Waals surface area (Å²) >= 11 is 0. The number of rotatable bonds is 6. The van der Waals surface area contributed by atoms with E-state index in [0.717, 1.165) is 6.42 Å². The second-order valence-electron chi connectivity index (χ2n) is 23.9. The van der Waals surface area contributed by atoms with Crippen molar-refractivity contribution in [3.63, 3.8) is 0 Å². The first-order valence-electron chi connectivity index (χ1n) is 21.6. The van der Waals surface area contributed by atoms with Crippen LogP contribution in [0.15, 0.2) is 0 Å². The van der Waals surface area contributed by atoms with E-state index >= 15 is 0 Å². The highest BCUT2D eigenvalue weighted by Gasteiger charge is 2.33. The van der Waals surface area contributed by atoms with Crippen molar-refractivity contribution in [1.82, 2.24) is 4.90 Å². The van der Waals surface area contributed by atoms with E-state index in [9.17, 15) is 18.0 Å². The number of alkyl halides is 3. The van der Waals surface area contributed by atoms with E-state index in [0.29, 0.717) is 33.5 Å². The molecule has 0 aliphatic carbocycles. The fourth-order valence-electron chi connectivity index (χ4n) is 4.31. The van der Waals surface area contributed by atoms with Crippen molar-refractivity contribution >= 4 is 5.91 Å². The quantitative estimate of drug-likeness (QED) is 0.263. The summed E-state index contributed by atoms with van der Waals surface area (Å²) in [7, 11) is 3.59. The molecule has 0 unspecified atom stereocenters. The molecule has 0 aromatic rings. The van der Waals surface area contributed by atoms with Crippen molar-refractivity contribution in [2.75, 3.05) is 14.1 Å². The summed E-state index contributed by atoms with van der Waals surface area (Å²) in [6, 6.07) is 0. The van der Waals surface area contributed by atoms with Gasteiger partial charge in [0, 0.05) is 26.9 Å². The molecule has 1 amide bonds. The van der Waals surface area contributed by atoms with Gasteiger partial charge in [-0.3, -0.25) is 4.79 Å². The van der Waals surface area contributed by atoms with Crippen LogP contribution in [0.5, 0.6) is 0 Å². The van der Waals surface area contributed by atoms with Gasteiger partial charge in [0.25, 0.3) is 0 Å². The Hall–Kier alpha value is -0.740. The van der Waals surface area contributed by atoms with Crippen LogP contribution in [0.2, 0.25) is 0 Å². The molecule has 0 N–H and O–H groups in total. The molecule has 0 saturated heterocycles. The largest absolute Gasteiger partial charge is 0.389 e. The molecule has 5 heteroatoms. The standard InChI is InChI=1S/C9H19NO.4C7H16.C6H11F3.C6H14/c1-9(2,3)7-6-8(11)10(4)5;4*1-5-6-7(2,3)4;1-5(2,3)4-6(7,8)9;1-5-6(2,3)4/h6-7H2,1-5H3;4*5-6H2,1-4H3;4H2,1-3H3;5H2,1-4H3. The minimum Gasteiger partial charge on any atom is -0.349 e. The first-order valence-corrected chi connectivity index (χ1v) is 21.6. The average Bonchev–Trinajstić information content (AvgIpc) is 2.83. The van der Waals surface area contributed by atoms with Crippen LogP contribution in [0.25, 0.3) is 0 Å². The zero-order valence-electron chi connectivity index (χ0n) is 43.0. The monoisotopic (exact) mass is 784 g/mol. The number of halogens is 3. The van der Waals surface area contributed by atoms with Gasteiger partial charge in [-0.15, -0.1) is 0 Å². The van der Waals surface area contributed by atoms with E-state index in [4.69, 9.17) is 0 Å². The highest BCUT2D eigenvalue weighted by molar-refractivity contribution is 5.75. The van der Waals surface area contributed by atoms with Crippen LogP contribution in [0.1, 0.15) is 257 Å². The summed E-state index contributed by atoms with van der Waals surface area (Å²) in [5, 5.41) is 0. The summed E-state index contributed by atoms with van der Waals surface area (Å²) in [6.07, 6.45) is 8.77. The molecule has 0 radical (unpaired) electrons. The fourth-order valence-corrected chi connectivity index (χ4v) is 4.31. The van der Waals surface area contributed by atoms with E-state index in [-0.39, 0.29) is 11.3 Å². The van der Waals surface area contributed by atoms with E-state index in [1.807, 2.05) is 0 Å². The Balaban J connectivity index is -0.0000000964. The van der Waals surface area contributed by atoms with Gasteiger partial charge in [0.15, 0.2) is 0 Å². The molecule has 2 nitrogen and oxygen atoms in total. The third-order valence-corrected chi connectivity index (χ3v) is 7.38. The van der Waals surface area contributed by atoms with Crippen LogP contribution in [-0.2, 0) is 4.79 Å². The first-order chi connectivity index (χ1) is 23.3. The van der Waals surface area contributed by atoms with Crippen LogP contribution in [0.4, 0.5) is 13.2 Å². The number of carbonyl (C=O) groups excluding carboxylic acids is 1. The first kappa shape index (κ1) is 68.0. The summed E-state index contributed by atoms with van der Waals surface area (Å²) in [6.45, 7) is 56.3. The topological polar surface area (TPSA) is 20.3 Å². The van der Waals surface area contributed by atoms with Crippen molar-refractivity contribution in [3.05, 3.63) is 0 Å². The normalized spacial score (nSPS) is 12.2. The summed E-state index contributed by atoms with van der Waals surface area (Å²) in [5.74, 6) is 0.222. The molecule has 0 rings (SSSR count). The van der Waals surface area contributed by atoms with Crippen molar-refractivity contribution in [1.29, 1.82) is 0 Å². The summed E-state index contributed by atoms with van der Waals surface area (Å²) in [4.78, 5) is 12.8. The van der Waals surface area contributed by atoms with Gasteiger partial charge >= 0.3 is 6.18 Å². The fraction of sp³-hybridized carbons (Fsp3) is 0.980. The zero-order valence-corrected chi connectivity index (χ0v) is 43.0. The van der Waals surface area contributed by atoms with E-state index in [2.05, 4.69) is 159 Å². The van der Waals surface area contributed by atoms with Gasteiger partial charge in [-0.25, -0.2) is 0 Å². The van der Waals surface area contributed by atoms with Gasteiger partial charge < -0.3 is 4.90 Å². The SMILES string of the molecule is CC(C)(C)CC(F)(F)F.CCC(C)(C)C.CCCC(C)(C)C.CCCC(C)(C)C.CCCC(C)(C)C.CCCC(C)(C)C.CN(C)C(=O)CCC(C)(C)C. The van der Waals surface area contributed by atoms with Crippen LogP contribution in [0, 0.1) is 37.9 Å². The Bertz CT molecular complexity index is 716. The molecular weight excluding hydrogens is 676 g/mol. The van der Waals surface area contributed by atoms with Crippen LogP contribution >= 0.6 is 0 Å². The zero-order chi connectivity index (χ0) is 45.6. The molecule has 0 aliphatic heterocycles. The lowest BCUT2D eigenvalue weighted by molar-refractivity contribution is -0.152. The van der Waals surface area contributed by atoms with E-state index < -0.39 is 18.0 Å². The number of carbonyl (C=O) groups is 1. The van der Waals surface area contributed by atoms with Crippen molar-refractivity contribution in [2.45, 2.75) is 263 Å². The predicted molar refractivity (Wildman–Crippen MR) is 245 cm³/mol. The van der Waals surface area contributed by atoms with Gasteiger partial charge in [0.2, 0.25) is 5.91 Å². The molecule has 0 spiro atoms. The van der Waals surface area contributed by atoms with Crippen molar-refractivity contribution in [2.24, 2.45) is 37.9 Å². The maximum atomic E-state index is 11.6. The molecule has 0 aromatic heterocycles. The van der Waals surface area contributed by atoms with E-state index in [1.165, 1.54) is 57.8 Å². The number of nitrogens with zero attached hydrogens (tertiary/aromatic N) is 1. The van der Waals surface area contributed by atoms with Crippen LogP contribution < -0.4 is 0 Å². The third kappa shape index (κ3) is 110. The lowest BCUT2D eigenvalue weighted by Crippen LogP contribution is -2.22. The molecular formula is C49H108F3NO. The second-order valence-corrected chi connectivity index (χ2v) is 23.9. The van der Waals surface area contributed by atoms with Gasteiger partial charge in [-0.2, -0.15) is 13.2 Å². The van der Waals surface area contributed by atoms with Gasteiger partial charge in [0.05, 0.1) is 0 Å². The van der Waals surface area contributed by atoms with Crippen molar-refractivity contribution in [3.8, 4) is 0 Å². The highest BCUT2D eigenvalue weighted by Crippen LogP contribution is 2.32. The summed E-state index contributed by atoms with van der Waals surface area (Å²) < 4.78 is 34.7. The Morgan fingerprint density at radius 3 is 0.648 bits per heavy atom. The number of hydrogen-bond donors (Lipinski definition) is 0. The van der Waals surface area contributed by atoms with Crippen LogP contribution in [0.3, 0.4) is 0 Å². The molecule has 336 valence electrons. The Morgan fingerprint density at radius 1 is 0.389 bits per heavy atom. The summed E-state index contributed by atoms with van der Waals surface area (Å²) in [5.41, 5.74) is 2.37. The molecule has 0 aromatic carbocycles. The predicted octanol–water partition coefficient (Wildman–Crippen LogP) is 18.7. The van der Waals surface area contributed by atoms with Gasteiger partial charge in [-0.05, 0) is 70.0 Å². The Labute approximate surface area is 343 Å². The van der Waals surface area contributed by atoms with Crippen LogP contribution in [-0.4, -0.2) is 31.1 Å². The minimum absolute atomic E-state index is 0.222. The maximum absolute atomic E-state index is 11.6.